The lowest BCUT2D eigenvalue weighted by atomic mass is 10.2. The molecule has 0 amide bonds. The minimum absolute atomic E-state index is 0.0181. The van der Waals surface area contributed by atoms with Crippen molar-refractivity contribution in [2.45, 2.75) is 19.9 Å². The quantitative estimate of drug-likeness (QED) is 0.765. The summed E-state index contributed by atoms with van der Waals surface area (Å²) in [4.78, 5) is 0. The first-order chi connectivity index (χ1) is 10.1. The van der Waals surface area contributed by atoms with Gasteiger partial charge in [-0.05, 0) is 43.3 Å². The zero-order valence-electron chi connectivity index (χ0n) is 11.6. The summed E-state index contributed by atoms with van der Waals surface area (Å²) in [5.74, 6) is -0.901. The molecule has 0 aliphatic rings. The highest BCUT2D eigenvalue weighted by molar-refractivity contribution is 6.30. The molecule has 112 valence electrons. The summed E-state index contributed by atoms with van der Waals surface area (Å²) >= 11 is 5.98. The van der Waals surface area contributed by atoms with Gasteiger partial charge < -0.3 is 10.1 Å². The van der Waals surface area contributed by atoms with Crippen molar-refractivity contribution < 1.29 is 13.5 Å². The molecule has 5 heteroatoms. The molecular weight excluding hydrogens is 296 g/mol. The summed E-state index contributed by atoms with van der Waals surface area (Å²) in [5, 5.41) is 3.82. The van der Waals surface area contributed by atoms with Crippen LogP contribution in [0.3, 0.4) is 0 Å². The van der Waals surface area contributed by atoms with Crippen LogP contribution in [-0.2, 0) is 6.54 Å². The van der Waals surface area contributed by atoms with Gasteiger partial charge in [0.25, 0.3) is 0 Å². The van der Waals surface area contributed by atoms with Crippen LogP contribution in [0.5, 0.6) is 11.5 Å². The lowest BCUT2D eigenvalue weighted by Gasteiger charge is -2.13. The summed E-state index contributed by atoms with van der Waals surface area (Å²) in [6.07, 6.45) is 1.00. The van der Waals surface area contributed by atoms with Gasteiger partial charge in [-0.15, -0.1) is 0 Å². The molecule has 0 aliphatic carbocycles. The van der Waals surface area contributed by atoms with E-state index in [0.29, 0.717) is 17.3 Å². The SMILES string of the molecule is CCCNCc1cc(Cl)ccc1Oc1ccc(F)cc1F. The molecule has 2 aromatic carbocycles. The van der Waals surface area contributed by atoms with Crippen molar-refractivity contribution in [3.05, 3.63) is 58.6 Å². The fourth-order valence-electron chi connectivity index (χ4n) is 1.86. The van der Waals surface area contributed by atoms with E-state index in [0.717, 1.165) is 30.7 Å². The standard InChI is InChI=1S/C16H16ClF2NO/c1-2-7-20-10-11-8-12(17)3-5-15(11)21-16-6-4-13(18)9-14(16)19/h3-6,8-9,20H,2,7,10H2,1H3. The third kappa shape index (κ3) is 4.41. The van der Waals surface area contributed by atoms with E-state index in [2.05, 4.69) is 12.2 Å². The van der Waals surface area contributed by atoms with Crippen molar-refractivity contribution in [3.63, 3.8) is 0 Å². The molecule has 0 aromatic heterocycles. The van der Waals surface area contributed by atoms with Gasteiger partial charge in [-0.1, -0.05) is 18.5 Å². The molecule has 21 heavy (non-hydrogen) atoms. The van der Waals surface area contributed by atoms with Crippen molar-refractivity contribution in [2.75, 3.05) is 6.54 Å². The Balaban J connectivity index is 2.22. The number of hydrogen-bond acceptors (Lipinski definition) is 2. The lowest BCUT2D eigenvalue weighted by molar-refractivity contribution is 0.431. The van der Waals surface area contributed by atoms with Crippen LogP contribution in [0.4, 0.5) is 8.78 Å². The second-order valence-electron chi connectivity index (χ2n) is 4.61. The van der Waals surface area contributed by atoms with Crippen LogP contribution in [0.1, 0.15) is 18.9 Å². The van der Waals surface area contributed by atoms with Crippen molar-refractivity contribution in [1.82, 2.24) is 5.32 Å². The third-order valence-corrected chi connectivity index (χ3v) is 3.11. The Morgan fingerprint density at radius 1 is 1.10 bits per heavy atom. The van der Waals surface area contributed by atoms with Crippen LogP contribution in [0.25, 0.3) is 0 Å². The molecule has 0 unspecified atom stereocenters. The summed E-state index contributed by atoms with van der Waals surface area (Å²) in [7, 11) is 0. The molecule has 0 bridgehead atoms. The Hall–Kier alpha value is -1.65. The average Bonchev–Trinajstić information content (AvgIpc) is 2.44. The van der Waals surface area contributed by atoms with Crippen LogP contribution in [0.15, 0.2) is 36.4 Å². The van der Waals surface area contributed by atoms with Gasteiger partial charge in [0.2, 0.25) is 0 Å². The van der Waals surface area contributed by atoms with E-state index in [9.17, 15) is 8.78 Å². The minimum atomic E-state index is -0.739. The first-order valence-corrected chi connectivity index (χ1v) is 7.10. The van der Waals surface area contributed by atoms with E-state index < -0.39 is 11.6 Å². The fraction of sp³-hybridized carbons (Fsp3) is 0.250. The maximum Gasteiger partial charge on any atom is 0.168 e. The van der Waals surface area contributed by atoms with E-state index in [4.69, 9.17) is 16.3 Å². The Labute approximate surface area is 127 Å². The van der Waals surface area contributed by atoms with E-state index in [1.165, 1.54) is 6.07 Å². The number of rotatable bonds is 6. The van der Waals surface area contributed by atoms with Crippen molar-refractivity contribution in [3.8, 4) is 11.5 Å². The molecule has 0 fully saturated rings. The number of halogens is 3. The number of benzene rings is 2. The predicted molar refractivity (Wildman–Crippen MR) is 79.9 cm³/mol. The first kappa shape index (κ1) is 15.7. The molecule has 0 atom stereocenters. The smallest absolute Gasteiger partial charge is 0.168 e. The highest BCUT2D eigenvalue weighted by Gasteiger charge is 2.10. The van der Waals surface area contributed by atoms with E-state index in [1.54, 1.807) is 18.2 Å². The Morgan fingerprint density at radius 3 is 2.57 bits per heavy atom. The molecule has 1 N–H and O–H groups in total. The van der Waals surface area contributed by atoms with Gasteiger partial charge in [-0.25, -0.2) is 8.78 Å². The zero-order chi connectivity index (χ0) is 15.2. The molecule has 0 aliphatic heterocycles. The normalized spacial score (nSPS) is 10.7. The van der Waals surface area contributed by atoms with E-state index in [-0.39, 0.29) is 5.75 Å². The average molecular weight is 312 g/mol. The van der Waals surface area contributed by atoms with Crippen LogP contribution in [0, 0.1) is 11.6 Å². The fourth-order valence-corrected chi connectivity index (χ4v) is 2.06. The molecule has 0 heterocycles. The Morgan fingerprint density at radius 2 is 1.86 bits per heavy atom. The zero-order valence-corrected chi connectivity index (χ0v) is 12.4. The van der Waals surface area contributed by atoms with E-state index >= 15 is 0 Å². The Bertz CT molecular complexity index is 619. The van der Waals surface area contributed by atoms with Crippen molar-refractivity contribution in [2.24, 2.45) is 0 Å². The lowest BCUT2D eigenvalue weighted by Crippen LogP contribution is -2.14. The van der Waals surface area contributed by atoms with Gasteiger partial charge in [0, 0.05) is 23.2 Å². The first-order valence-electron chi connectivity index (χ1n) is 6.72. The second kappa shape index (κ2) is 7.38. The third-order valence-electron chi connectivity index (χ3n) is 2.88. The van der Waals surface area contributed by atoms with Gasteiger partial charge in [0.15, 0.2) is 11.6 Å². The minimum Gasteiger partial charge on any atom is -0.454 e. The molecule has 2 nitrogen and oxygen atoms in total. The van der Waals surface area contributed by atoms with Crippen LogP contribution in [-0.4, -0.2) is 6.54 Å². The monoisotopic (exact) mass is 311 g/mol. The molecule has 0 spiro atoms. The highest BCUT2D eigenvalue weighted by atomic mass is 35.5. The summed E-state index contributed by atoms with van der Waals surface area (Å²) in [6.45, 7) is 3.49. The summed E-state index contributed by atoms with van der Waals surface area (Å²) in [5.41, 5.74) is 0.819. The molecule has 0 saturated carbocycles. The number of nitrogens with one attached hydrogen (secondary N) is 1. The van der Waals surface area contributed by atoms with E-state index in [1.807, 2.05) is 0 Å². The Kier molecular flexibility index (Phi) is 5.53. The number of ether oxygens (including phenoxy) is 1. The number of hydrogen-bond donors (Lipinski definition) is 1. The van der Waals surface area contributed by atoms with Crippen molar-refractivity contribution >= 4 is 11.6 Å². The predicted octanol–water partition coefficient (Wildman–Crippen LogP) is 4.91. The molecular formula is C16H16ClF2NO. The maximum absolute atomic E-state index is 13.6. The van der Waals surface area contributed by atoms with Crippen LogP contribution < -0.4 is 10.1 Å². The van der Waals surface area contributed by atoms with Gasteiger partial charge in [-0.3, -0.25) is 0 Å². The topological polar surface area (TPSA) is 21.3 Å². The van der Waals surface area contributed by atoms with Crippen LogP contribution >= 0.6 is 11.6 Å². The van der Waals surface area contributed by atoms with Crippen LogP contribution in [0.2, 0.25) is 5.02 Å². The summed E-state index contributed by atoms with van der Waals surface area (Å²) < 4.78 is 32.1. The maximum atomic E-state index is 13.6. The summed E-state index contributed by atoms with van der Waals surface area (Å²) in [6, 6.07) is 8.32. The van der Waals surface area contributed by atoms with Crippen molar-refractivity contribution in [1.29, 1.82) is 0 Å². The largest absolute Gasteiger partial charge is 0.454 e. The molecule has 2 rings (SSSR count). The highest BCUT2D eigenvalue weighted by Crippen LogP contribution is 2.29. The second-order valence-corrected chi connectivity index (χ2v) is 5.04. The van der Waals surface area contributed by atoms with Gasteiger partial charge in [0.05, 0.1) is 0 Å². The molecule has 0 saturated heterocycles. The molecule has 2 aromatic rings. The van der Waals surface area contributed by atoms with Gasteiger partial charge in [0.1, 0.15) is 11.6 Å². The van der Waals surface area contributed by atoms with Gasteiger partial charge in [-0.2, -0.15) is 0 Å². The molecule has 0 radical (unpaired) electrons. The van der Waals surface area contributed by atoms with Gasteiger partial charge >= 0.3 is 0 Å².